The Balaban J connectivity index is 1.70. The van der Waals surface area contributed by atoms with Crippen LogP contribution in [0.15, 0.2) is 6.07 Å². The molecule has 2 rings (SSSR count). The van der Waals surface area contributed by atoms with Gasteiger partial charge in [-0.3, -0.25) is 4.79 Å². The van der Waals surface area contributed by atoms with Crippen LogP contribution in [0.25, 0.3) is 0 Å². The molecule has 1 aliphatic rings. The predicted octanol–water partition coefficient (Wildman–Crippen LogP) is 3.36. The number of aryl methyl sites for hydroxylation is 2. The van der Waals surface area contributed by atoms with Crippen LogP contribution in [0.2, 0.25) is 0 Å². The molecule has 112 valence electrons. The first kappa shape index (κ1) is 15.5. The van der Waals surface area contributed by atoms with Gasteiger partial charge in [0.05, 0.1) is 5.56 Å². The molecule has 1 aliphatic heterocycles. The average Bonchev–Trinajstić information content (AvgIpc) is 2.75. The summed E-state index contributed by atoms with van der Waals surface area (Å²) in [4.78, 5) is 16.9. The maximum atomic E-state index is 12.1. The van der Waals surface area contributed by atoms with Crippen LogP contribution in [0, 0.1) is 13.8 Å². The lowest BCUT2D eigenvalue weighted by Crippen LogP contribution is -2.39. The van der Waals surface area contributed by atoms with E-state index in [1.807, 2.05) is 19.9 Å². The van der Waals surface area contributed by atoms with Gasteiger partial charge in [-0.2, -0.15) is 0 Å². The third kappa shape index (κ3) is 4.06. The van der Waals surface area contributed by atoms with Crippen molar-refractivity contribution in [3.63, 3.8) is 0 Å². The number of hydrogen-bond donors (Lipinski definition) is 1. The van der Waals surface area contributed by atoms with E-state index in [-0.39, 0.29) is 5.91 Å². The van der Waals surface area contributed by atoms with Crippen LogP contribution < -0.4 is 5.32 Å². The second kappa shape index (κ2) is 7.23. The summed E-state index contributed by atoms with van der Waals surface area (Å²) < 4.78 is 0. The lowest BCUT2D eigenvalue weighted by atomic mass is 10.0. The van der Waals surface area contributed by atoms with Gasteiger partial charge in [-0.1, -0.05) is 6.42 Å². The Kier molecular flexibility index (Phi) is 5.61. The van der Waals surface area contributed by atoms with E-state index in [0.29, 0.717) is 6.04 Å². The van der Waals surface area contributed by atoms with E-state index in [1.165, 1.54) is 30.7 Å². The van der Waals surface area contributed by atoms with Gasteiger partial charge in [0.1, 0.15) is 0 Å². The number of carbonyl (C=O) groups excluding carboxylic acids is 1. The van der Waals surface area contributed by atoms with Gasteiger partial charge >= 0.3 is 0 Å². The zero-order valence-electron chi connectivity index (χ0n) is 12.9. The summed E-state index contributed by atoms with van der Waals surface area (Å²) in [5.41, 5.74) is 0.846. The number of likely N-dealkylation sites (tertiary alicyclic amines) is 1. The number of rotatable bonds is 5. The molecule has 1 saturated heterocycles. The molecule has 3 nitrogen and oxygen atoms in total. The summed E-state index contributed by atoms with van der Waals surface area (Å²) in [6, 6.07) is 2.70. The second-order valence-electron chi connectivity index (χ2n) is 5.82. The third-order valence-corrected chi connectivity index (χ3v) is 5.10. The van der Waals surface area contributed by atoms with Crippen molar-refractivity contribution in [3.8, 4) is 0 Å². The highest BCUT2D eigenvalue weighted by Crippen LogP contribution is 2.20. The Labute approximate surface area is 126 Å². The Bertz CT molecular complexity index is 455. The van der Waals surface area contributed by atoms with E-state index < -0.39 is 0 Å². The summed E-state index contributed by atoms with van der Waals surface area (Å²) in [5.74, 6) is 0.0820. The number of amides is 1. The Morgan fingerprint density at radius 3 is 2.90 bits per heavy atom. The highest BCUT2D eigenvalue weighted by Gasteiger charge is 2.17. The van der Waals surface area contributed by atoms with Crippen molar-refractivity contribution in [3.05, 3.63) is 21.4 Å². The van der Waals surface area contributed by atoms with Crippen molar-refractivity contribution in [2.24, 2.45) is 0 Å². The number of nitrogens with one attached hydrogen (secondary N) is 1. The summed E-state index contributed by atoms with van der Waals surface area (Å²) in [6.45, 7) is 9.47. The fraction of sp³-hybridized carbons (Fsp3) is 0.688. The molecular formula is C16H26N2OS. The molecule has 20 heavy (non-hydrogen) atoms. The first-order valence-corrected chi connectivity index (χ1v) is 8.49. The van der Waals surface area contributed by atoms with Crippen LogP contribution in [0.1, 0.15) is 52.7 Å². The minimum absolute atomic E-state index is 0.0820. The summed E-state index contributed by atoms with van der Waals surface area (Å²) >= 11 is 1.69. The van der Waals surface area contributed by atoms with Crippen molar-refractivity contribution >= 4 is 17.2 Å². The molecule has 4 heteroatoms. The lowest BCUT2D eigenvalue weighted by Gasteiger charge is -2.33. The molecule has 1 aromatic rings. The van der Waals surface area contributed by atoms with Crippen LogP contribution in [0.5, 0.6) is 0 Å². The average molecular weight is 294 g/mol. The molecule has 0 aromatic carbocycles. The Hall–Kier alpha value is -0.870. The SMILES string of the molecule is Cc1cc(C(=O)NCCCN2CCCCC2C)c(C)s1. The van der Waals surface area contributed by atoms with Crippen molar-refractivity contribution in [1.82, 2.24) is 10.2 Å². The molecule has 2 heterocycles. The minimum Gasteiger partial charge on any atom is -0.352 e. The van der Waals surface area contributed by atoms with Gasteiger partial charge in [0.15, 0.2) is 0 Å². The smallest absolute Gasteiger partial charge is 0.252 e. The maximum absolute atomic E-state index is 12.1. The molecule has 1 aromatic heterocycles. The number of thiophene rings is 1. The van der Waals surface area contributed by atoms with E-state index in [0.717, 1.165) is 30.0 Å². The standard InChI is InChI=1S/C16H26N2OS/c1-12-7-4-5-9-18(12)10-6-8-17-16(19)15-11-13(2)20-14(15)3/h11-12H,4-10H2,1-3H3,(H,17,19). The van der Waals surface area contributed by atoms with Crippen molar-refractivity contribution in [1.29, 1.82) is 0 Å². The molecule has 1 N–H and O–H groups in total. The molecule has 1 unspecified atom stereocenters. The normalized spacial score (nSPS) is 20.1. The van der Waals surface area contributed by atoms with Crippen molar-refractivity contribution < 1.29 is 4.79 Å². The predicted molar refractivity (Wildman–Crippen MR) is 85.6 cm³/mol. The van der Waals surface area contributed by atoms with Crippen molar-refractivity contribution in [2.45, 2.75) is 52.5 Å². The van der Waals surface area contributed by atoms with Gasteiger partial charge in [-0.15, -0.1) is 11.3 Å². The summed E-state index contributed by atoms with van der Waals surface area (Å²) in [6.07, 6.45) is 5.05. The molecular weight excluding hydrogens is 268 g/mol. The highest BCUT2D eigenvalue weighted by atomic mass is 32.1. The van der Waals surface area contributed by atoms with Gasteiger partial charge in [0.2, 0.25) is 0 Å². The molecule has 0 saturated carbocycles. The zero-order chi connectivity index (χ0) is 14.5. The number of hydrogen-bond acceptors (Lipinski definition) is 3. The fourth-order valence-corrected chi connectivity index (χ4v) is 3.85. The Morgan fingerprint density at radius 1 is 1.45 bits per heavy atom. The van der Waals surface area contributed by atoms with Gasteiger partial charge in [-0.25, -0.2) is 0 Å². The fourth-order valence-electron chi connectivity index (χ4n) is 2.93. The van der Waals surface area contributed by atoms with Crippen LogP contribution >= 0.6 is 11.3 Å². The van der Waals surface area contributed by atoms with Crippen LogP contribution in [-0.2, 0) is 0 Å². The van der Waals surface area contributed by atoms with E-state index in [2.05, 4.69) is 17.1 Å². The van der Waals surface area contributed by atoms with Crippen molar-refractivity contribution in [2.75, 3.05) is 19.6 Å². The quantitative estimate of drug-likeness (QED) is 0.845. The third-order valence-electron chi connectivity index (χ3n) is 4.13. The number of carbonyl (C=O) groups is 1. The van der Waals surface area contributed by atoms with Crippen LogP contribution in [0.4, 0.5) is 0 Å². The largest absolute Gasteiger partial charge is 0.352 e. The molecule has 1 fully saturated rings. The zero-order valence-corrected chi connectivity index (χ0v) is 13.7. The summed E-state index contributed by atoms with van der Waals surface area (Å²) in [7, 11) is 0. The molecule has 1 atom stereocenters. The van der Waals surface area contributed by atoms with E-state index in [4.69, 9.17) is 0 Å². The second-order valence-corrected chi connectivity index (χ2v) is 7.28. The first-order valence-electron chi connectivity index (χ1n) is 7.67. The lowest BCUT2D eigenvalue weighted by molar-refractivity contribution is 0.0949. The number of nitrogens with zero attached hydrogens (tertiary/aromatic N) is 1. The van der Waals surface area contributed by atoms with Gasteiger partial charge < -0.3 is 10.2 Å². The maximum Gasteiger partial charge on any atom is 0.252 e. The van der Waals surface area contributed by atoms with Gasteiger partial charge in [-0.05, 0) is 52.6 Å². The molecule has 0 radical (unpaired) electrons. The van der Waals surface area contributed by atoms with Crippen LogP contribution in [0.3, 0.4) is 0 Å². The Morgan fingerprint density at radius 2 is 2.25 bits per heavy atom. The first-order chi connectivity index (χ1) is 9.58. The molecule has 1 amide bonds. The van der Waals surface area contributed by atoms with Gasteiger partial charge in [0, 0.05) is 28.9 Å². The monoisotopic (exact) mass is 294 g/mol. The highest BCUT2D eigenvalue weighted by molar-refractivity contribution is 7.12. The minimum atomic E-state index is 0.0820. The topological polar surface area (TPSA) is 32.3 Å². The summed E-state index contributed by atoms with van der Waals surface area (Å²) in [5, 5.41) is 3.05. The molecule has 0 aliphatic carbocycles. The molecule has 0 bridgehead atoms. The van der Waals surface area contributed by atoms with E-state index in [9.17, 15) is 4.79 Å². The van der Waals surface area contributed by atoms with E-state index >= 15 is 0 Å². The number of piperidine rings is 1. The van der Waals surface area contributed by atoms with E-state index in [1.54, 1.807) is 11.3 Å². The molecule has 0 spiro atoms. The van der Waals surface area contributed by atoms with Crippen LogP contribution in [-0.4, -0.2) is 36.5 Å². The van der Waals surface area contributed by atoms with Gasteiger partial charge in [0.25, 0.3) is 5.91 Å².